The summed E-state index contributed by atoms with van der Waals surface area (Å²) in [6.45, 7) is 12.6. The number of hydrogen-bond acceptors (Lipinski definition) is 3. The molecule has 2 fully saturated rings. The Hall–Kier alpha value is -0.780. The van der Waals surface area contributed by atoms with Crippen molar-refractivity contribution in [3.05, 3.63) is 0 Å². The molecule has 23 heavy (non-hydrogen) atoms. The van der Waals surface area contributed by atoms with Crippen molar-refractivity contribution in [1.82, 2.24) is 10.2 Å². The molecule has 3 unspecified atom stereocenters. The largest absolute Gasteiger partial charge is 0.356 e. The van der Waals surface area contributed by atoms with Gasteiger partial charge in [0.15, 0.2) is 15.8 Å². The van der Waals surface area contributed by atoms with Gasteiger partial charge >= 0.3 is 0 Å². The molecule has 0 spiro atoms. The maximum absolute atomic E-state index is 11.6. The summed E-state index contributed by atoms with van der Waals surface area (Å²) >= 11 is 0. The van der Waals surface area contributed by atoms with Crippen LogP contribution in [-0.4, -0.2) is 57.0 Å². The highest BCUT2D eigenvalue weighted by Gasteiger charge is 2.29. The molecule has 0 aromatic heterocycles. The van der Waals surface area contributed by atoms with Gasteiger partial charge in [-0.25, -0.2) is 8.42 Å². The fourth-order valence-electron chi connectivity index (χ4n) is 3.26. The number of piperidine rings is 1. The van der Waals surface area contributed by atoms with Crippen LogP contribution in [0.25, 0.3) is 0 Å². The zero-order valence-corrected chi connectivity index (χ0v) is 15.9. The van der Waals surface area contributed by atoms with Crippen LogP contribution in [0.15, 0.2) is 4.99 Å². The lowest BCUT2D eigenvalue weighted by Gasteiger charge is -2.37. The van der Waals surface area contributed by atoms with E-state index in [1.807, 2.05) is 0 Å². The van der Waals surface area contributed by atoms with Gasteiger partial charge in [0, 0.05) is 26.2 Å². The number of nitrogens with one attached hydrogen (secondary N) is 1. The summed E-state index contributed by atoms with van der Waals surface area (Å²) in [6, 6.07) is 0. The van der Waals surface area contributed by atoms with Gasteiger partial charge in [-0.3, -0.25) is 4.99 Å². The first-order chi connectivity index (χ1) is 10.8. The third-order valence-corrected chi connectivity index (χ3v) is 6.95. The van der Waals surface area contributed by atoms with Crippen LogP contribution in [0.1, 0.15) is 40.5 Å². The van der Waals surface area contributed by atoms with Crippen molar-refractivity contribution >= 4 is 15.8 Å². The van der Waals surface area contributed by atoms with E-state index >= 15 is 0 Å². The lowest BCUT2D eigenvalue weighted by atomic mass is 9.89. The van der Waals surface area contributed by atoms with Crippen LogP contribution in [0.5, 0.6) is 0 Å². The highest BCUT2D eigenvalue weighted by Crippen LogP contribution is 2.23. The maximum Gasteiger partial charge on any atom is 0.193 e. The molecule has 2 saturated heterocycles. The van der Waals surface area contributed by atoms with E-state index in [2.05, 4.69) is 37.9 Å². The molecule has 6 heteroatoms. The Morgan fingerprint density at radius 1 is 1.26 bits per heavy atom. The Balaban J connectivity index is 1.96. The predicted octanol–water partition coefficient (Wildman–Crippen LogP) is 2.00. The van der Waals surface area contributed by atoms with Crippen LogP contribution >= 0.6 is 0 Å². The minimum Gasteiger partial charge on any atom is -0.356 e. The van der Waals surface area contributed by atoms with E-state index < -0.39 is 9.84 Å². The number of nitrogens with zero attached hydrogens (tertiary/aromatic N) is 2. The molecule has 0 aliphatic carbocycles. The summed E-state index contributed by atoms with van der Waals surface area (Å²) in [6.07, 6.45) is 1.97. The van der Waals surface area contributed by atoms with Gasteiger partial charge in [-0.05, 0) is 36.5 Å². The smallest absolute Gasteiger partial charge is 0.193 e. The maximum atomic E-state index is 11.6. The fraction of sp³-hybridized carbons (Fsp3) is 0.941. The third kappa shape index (κ3) is 5.66. The van der Waals surface area contributed by atoms with Gasteiger partial charge in [-0.15, -0.1) is 0 Å². The van der Waals surface area contributed by atoms with Gasteiger partial charge in [0.05, 0.1) is 11.5 Å². The van der Waals surface area contributed by atoms with Gasteiger partial charge in [-0.1, -0.05) is 27.7 Å². The molecule has 134 valence electrons. The lowest BCUT2D eigenvalue weighted by molar-refractivity contribution is 0.199. The number of rotatable bonds is 4. The van der Waals surface area contributed by atoms with E-state index in [1.54, 1.807) is 0 Å². The highest BCUT2D eigenvalue weighted by molar-refractivity contribution is 7.91. The van der Waals surface area contributed by atoms with Gasteiger partial charge in [0.2, 0.25) is 0 Å². The molecule has 0 amide bonds. The van der Waals surface area contributed by atoms with Gasteiger partial charge < -0.3 is 10.2 Å². The second-order valence-corrected chi connectivity index (χ2v) is 10.1. The molecular weight excluding hydrogens is 310 g/mol. The first-order valence-corrected chi connectivity index (χ1v) is 10.8. The molecule has 0 saturated carbocycles. The minimum absolute atomic E-state index is 0.227. The second kappa shape index (κ2) is 7.86. The highest BCUT2D eigenvalue weighted by atomic mass is 32.2. The Morgan fingerprint density at radius 3 is 2.57 bits per heavy atom. The number of likely N-dealkylation sites (tertiary alicyclic amines) is 1. The van der Waals surface area contributed by atoms with Crippen LogP contribution in [0.4, 0.5) is 0 Å². The van der Waals surface area contributed by atoms with Crippen LogP contribution in [0.3, 0.4) is 0 Å². The number of sulfone groups is 1. The Kier molecular flexibility index (Phi) is 6.34. The molecule has 1 N–H and O–H groups in total. The van der Waals surface area contributed by atoms with Crippen molar-refractivity contribution in [3.8, 4) is 0 Å². The Morgan fingerprint density at radius 2 is 2.00 bits per heavy atom. The molecule has 0 bridgehead atoms. The molecule has 3 atom stereocenters. The van der Waals surface area contributed by atoms with Gasteiger partial charge in [0.1, 0.15) is 0 Å². The van der Waals surface area contributed by atoms with Gasteiger partial charge in [0.25, 0.3) is 0 Å². The summed E-state index contributed by atoms with van der Waals surface area (Å²) in [5, 5.41) is 3.47. The van der Waals surface area contributed by atoms with Crippen molar-refractivity contribution in [2.24, 2.45) is 28.7 Å². The molecule has 0 aromatic rings. The van der Waals surface area contributed by atoms with E-state index in [1.165, 1.54) is 6.42 Å². The molecule has 0 aromatic carbocycles. The van der Waals surface area contributed by atoms with Crippen LogP contribution in [0, 0.1) is 23.7 Å². The van der Waals surface area contributed by atoms with E-state index in [4.69, 9.17) is 4.99 Å². The van der Waals surface area contributed by atoms with E-state index in [0.717, 1.165) is 44.5 Å². The van der Waals surface area contributed by atoms with Crippen molar-refractivity contribution in [1.29, 1.82) is 0 Å². The topological polar surface area (TPSA) is 61.8 Å². The van der Waals surface area contributed by atoms with E-state index in [9.17, 15) is 8.42 Å². The minimum atomic E-state index is -2.80. The first-order valence-electron chi connectivity index (χ1n) is 9.00. The van der Waals surface area contributed by atoms with E-state index in [-0.39, 0.29) is 5.92 Å². The Bertz CT molecular complexity index is 516. The monoisotopic (exact) mass is 343 g/mol. The molecular formula is C17H33N3O2S. The SMILES string of the molecule is CC(C)CN=C(NCC1CCS(=O)(=O)C1)N1CCC(C)C(C)C1. The van der Waals surface area contributed by atoms with Crippen LogP contribution < -0.4 is 5.32 Å². The number of guanidine groups is 1. The molecule has 2 rings (SSSR count). The molecule has 2 aliphatic rings. The summed E-state index contributed by atoms with van der Waals surface area (Å²) in [5.41, 5.74) is 0. The standard InChI is InChI=1S/C17H33N3O2S/c1-13(2)9-18-17(20-7-5-14(3)15(4)11-20)19-10-16-6-8-23(21,22)12-16/h13-16H,5-12H2,1-4H3,(H,18,19). The Labute approximate surface area is 141 Å². The molecule has 0 radical (unpaired) electrons. The zero-order valence-electron chi connectivity index (χ0n) is 15.1. The van der Waals surface area contributed by atoms with Crippen molar-refractivity contribution in [2.45, 2.75) is 40.5 Å². The average molecular weight is 344 g/mol. The fourth-order valence-corrected chi connectivity index (χ4v) is 5.12. The zero-order chi connectivity index (χ0) is 17.0. The molecule has 5 nitrogen and oxygen atoms in total. The third-order valence-electron chi connectivity index (χ3n) is 5.12. The quantitative estimate of drug-likeness (QED) is 0.626. The average Bonchev–Trinajstić information content (AvgIpc) is 2.81. The van der Waals surface area contributed by atoms with Crippen LogP contribution in [-0.2, 0) is 9.84 Å². The molecule has 2 aliphatic heterocycles. The number of aliphatic imine (C=N–C) groups is 1. The normalized spacial score (nSPS) is 31.6. The summed E-state index contributed by atoms with van der Waals surface area (Å²) < 4.78 is 23.2. The second-order valence-electron chi connectivity index (χ2n) is 7.90. The first kappa shape index (κ1) is 18.6. The summed E-state index contributed by atoms with van der Waals surface area (Å²) in [7, 11) is -2.80. The summed E-state index contributed by atoms with van der Waals surface area (Å²) in [4.78, 5) is 7.14. The predicted molar refractivity (Wildman–Crippen MR) is 96.4 cm³/mol. The summed E-state index contributed by atoms with van der Waals surface area (Å²) in [5.74, 6) is 3.83. The lowest BCUT2D eigenvalue weighted by Crippen LogP contribution is -2.49. The van der Waals surface area contributed by atoms with Gasteiger partial charge in [-0.2, -0.15) is 0 Å². The van der Waals surface area contributed by atoms with E-state index in [0.29, 0.717) is 23.3 Å². The van der Waals surface area contributed by atoms with Crippen molar-refractivity contribution < 1.29 is 8.42 Å². The van der Waals surface area contributed by atoms with Crippen molar-refractivity contribution in [2.75, 3.05) is 37.7 Å². The van der Waals surface area contributed by atoms with Crippen LogP contribution in [0.2, 0.25) is 0 Å². The number of hydrogen-bond donors (Lipinski definition) is 1. The van der Waals surface area contributed by atoms with Crippen molar-refractivity contribution in [3.63, 3.8) is 0 Å². The molecule has 2 heterocycles.